The first-order chi connectivity index (χ1) is 13.1. The fraction of sp³-hybridized carbons (Fsp3) is 0.118. The second-order valence-electron chi connectivity index (χ2n) is 5.79. The number of nitrogens with one attached hydrogen (secondary N) is 1. The van der Waals surface area contributed by atoms with Crippen LogP contribution in [0.3, 0.4) is 0 Å². The van der Waals surface area contributed by atoms with Crippen molar-refractivity contribution in [2.24, 2.45) is 5.14 Å². The molecule has 11 heteroatoms. The monoisotopic (exact) mass is 423 g/mol. The number of aryl methyl sites for hydroxylation is 1. The van der Waals surface area contributed by atoms with E-state index in [1.165, 1.54) is 44.4 Å². The Kier molecular flexibility index (Phi) is 5.15. The molecule has 28 heavy (non-hydrogen) atoms. The molecule has 0 spiro atoms. The molecule has 0 atom stereocenters. The number of anilines is 1. The molecule has 2 aromatic carbocycles. The van der Waals surface area contributed by atoms with E-state index in [2.05, 4.69) is 9.88 Å². The van der Waals surface area contributed by atoms with Crippen LogP contribution in [0.2, 0.25) is 0 Å². The molecule has 0 aliphatic carbocycles. The Morgan fingerprint density at radius 2 is 1.75 bits per heavy atom. The summed E-state index contributed by atoms with van der Waals surface area (Å²) in [7, 11) is -6.68. The lowest BCUT2D eigenvalue weighted by atomic mass is 10.1. The fourth-order valence-electron chi connectivity index (χ4n) is 2.53. The summed E-state index contributed by atoms with van der Waals surface area (Å²) < 4.78 is 61.6. The van der Waals surface area contributed by atoms with Gasteiger partial charge in [0.05, 0.1) is 12.0 Å². The van der Waals surface area contributed by atoms with Gasteiger partial charge in [0.1, 0.15) is 22.0 Å². The van der Waals surface area contributed by atoms with Crippen LogP contribution in [0, 0.1) is 6.92 Å². The number of hydrogen-bond donors (Lipinski definition) is 2. The number of primary sulfonamides is 1. The van der Waals surface area contributed by atoms with E-state index >= 15 is 0 Å². The van der Waals surface area contributed by atoms with Gasteiger partial charge in [0.2, 0.25) is 10.0 Å². The van der Waals surface area contributed by atoms with Crippen LogP contribution in [0.15, 0.2) is 62.8 Å². The summed E-state index contributed by atoms with van der Waals surface area (Å²) in [5, 5.41) is 9.10. The topological polar surface area (TPSA) is 142 Å². The Labute approximate surface area is 162 Å². The van der Waals surface area contributed by atoms with E-state index in [9.17, 15) is 16.8 Å². The molecule has 0 aliphatic rings. The third-order valence-electron chi connectivity index (χ3n) is 3.90. The van der Waals surface area contributed by atoms with Crippen molar-refractivity contribution in [1.82, 2.24) is 5.16 Å². The zero-order chi connectivity index (χ0) is 20.5. The van der Waals surface area contributed by atoms with Crippen LogP contribution in [0.4, 0.5) is 5.69 Å². The van der Waals surface area contributed by atoms with Gasteiger partial charge in [-0.1, -0.05) is 23.4 Å². The van der Waals surface area contributed by atoms with E-state index in [4.69, 9.17) is 14.4 Å². The van der Waals surface area contributed by atoms with Gasteiger partial charge in [-0.25, -0.2) is 22.0 Å². The summed E-state index contributed by atoms with van der Waals surface area (Å²) in [6, 6.07) is 11.9. The van der Waals surface area contributed by atoms with Crippen molar-refractivity contribution in [3.63, 3.8) is 0 Å². The minimum Gasteiger partial charge on any atom is -0.495 e. The highest BCUT2D eigenvalue weighted by atomic mass is 32.2. The van der Waals surface area contributed by atoms with Crippen molar-refractivity contribution in [3.05, 3.63) is 54.3 Å². The van der Waals surface area contributed by atoms with Gasteiger partial charge in [-0.2, -0.15) is 0 Å². The van der Waals surface area contributed by atoms with E-state index in [0.717, 1.165) is 0 Å². The van der Waals surface area contributed by atoms with Crippen LogP contribution >= 0.6 is 0 Å². The molecule has 1 aromatic heterocycles. The SMILES string of the molecule is COc1ccc(-c2noc(C)c2NS(=O)(=O)c2ccccc2)cc1S(N)(=O)=O. The molecule has 3 N–H and O–H groups in total. The molecular weight excluding hydrogens is 406 g/mol. The zero-order valence-electron chi connectivity index (χ0n) is 14.9. The molecule has 0 fully saturated rings. The largest absolute Gasteiger partial charge is 0.495 e. The summed E-state index contributed by atoms with van der Waals surface area (Å²) in [6.07, 6.45) is 0. The number of rotatable bonds is 6. The first kappa shape index (κ1) is 19.9. The molecule has 0 bridgehead atoms. The average Bonchev–Trinajstić information content (AvgIpc) is 3.01. The van der Waals surface area contributed by atoms with E-state index < -0.39 is 20.0 Å². The highest BCUT2D eigenvalue weighted by Gasteiger charge is 2.24. The minimum absolute atomic E-state index is 0.0536. The van der Waals surface area contributed by atoms with E-state index in [1.54, 1.807) is 18.2 Å². The predicted molar refractivity (Wildman–Crippen MR) is 102 cm³/mol. The Morgan fingerprint density at radius 1 is 1.07 bits per heavy atom. The number of nitrogens with zero attached hydrogens (tertiary/aromatic N) is 1. The normalized spacial score (nSPS) is 12.0. The smallest absolute Gasteiger partial charge is 0.262 e. The van der Waals surface area contributed by atoms with Gasteiger partial charge >= 0.3 is 0 Å². The number of methoxy groups -OCH3 is 1. The predicted octanol–water partition coefficient (Wildman–Crippen LogP) is 2.11. The van der Waals surface area contributed by atoms with Gasteiger partial charge in [-0.05, 0) is 37.3 Å². The molecule has 1 heterocycles. The first-order valence-corrected chi connectivity index (χ1v) is 10.9. The Bertz CT molecular complexity index is 1220. The van der Waals surface area contributed by atoms with Crippen LogP contribution in [0.1, 0.15) is 5.76 Å². The molecular formula is C17H17N3O6S2. The summed E-state index contributed by atoms with van der Waals surface area (Å²) in [5.74, 6) is 0.264. The van der Waals surface area contributed by atoms with Crippen molar-refractivity contribution in [3.8, 4) is 17.0 Å². The number of hydrogen-bond acceptors (Lipinski definition) is 7. The van der Waals surface area contributed by atoms with Gasteiger partial charge in [0.25, 0.3) is 10.0 Å². The van der Waals surface area contributed by atoms with Crippen molar-refractivity contribution >= 4 is 25.7 Å². The summed E-state index contributed by atoms with van der Waals surface area (Å²) in [5.41, 5.74) is 0.492. The molecule has 0 amide bonds. The highest BCUT2D eigenvalue weighted by molar-refractivity contribution is 7.92. The van der Waals surface area contributed by atoms with Crippen molar-refractivity contribution < 1.29 is 26.1 Å². The van der Waals surface area contributed by atoms with Gasteiger partial charge in [0.15, 0.2) is 5.76 Å². The second-order valence-corrected chi connectivity index (χ2v) is 9.00. The average molecular weight is 423 g/mol. The van der Waals surface area contributed by atoms with E-state index in [-0.39, 0.29) is 38.2 Å². The number of sulfonamides is 2. The Hall–Kier alpha value is -2.89. The minimum atomic E-state index is -4.08. The Balaban J connectivity index is 2.10. The first-order valence-electron chi connectivity index (χ1n) is 7.89. The molecule has 0 unspecified atom stereocenters. The number of benzene rings is 2. The summed E-state index contributed by atoms with van der Waals surface area (Å²) >= 11 is 0. The van der Waals surface area contributed by atoms with Crippen LogP contribution in [0.5, 0.6) is 5.75 Å². The van der Waals surface area contributed by atoms with Gasteiger partial charge < -0.3 is 9.26 Å². The van der Waals surface area contributed by atoms with Crippen LogP contribution in [0.25, 0.3) is 11.3 Å². The van der Waals surface area contributed by atoms with Gasteiger partial charge in [-0.15, -0.1) is 0 Å². The standard InChI is InChI=1S/C17H17N3O6S2/c1-11-16(20-28(23,24)13-6-4-3-5-7-13)17(19-26-11)12-8-9-14(25-2)15(10-12)27(18,21)22/h3-10,20H,1-2H3,(H2,18,21,22). The number of aromatic nitrogens is 1. The zero-order valence-corrected chi connectivity index (χ0v) is 16.5. The molecule has 0 radical (unpaired) electrons. The van der Waals surface area contributed by atoms with E-state index in [0.29, 0.717) is 0 Å². The lowest BCUT2D eigenvalue weighted by molar-refractivity contribution is 0.399. The molecule has 3 rings (SSSR count). The quantitative estimate of drug-likeness (QED) is 0.618. The van der Waals surface area contributed by atoms with Crippen molar-refractivity contribution in [2.45, 2.75) is 16.7 Å². The number of ether oxygens (including phenoxy) is 1. The second kappa shape index (κ2) is 7.26. The third-order valence-corrected chi connectivity index (χ3v) is 6.19. The maximum absolute atomic E-state index is 12.6. The lowest BCUT2D eigenvalue weighted by Gasteiger charge is -2.10. The molecule has 0 saturated heterocycles. The maximum atomic E-state index is 12.6. The van der Waals surface area contributed by atoms with Gasteiger partial charge in [0, 0.05) is 5.56 Å². The molecule has 0 saturated carbocycles. The fourth-order valence-corrected chi connectivity index (χ4v) is 4.39. The third kappa shape index (κ3) is 3.86. The summed E-state index contributed by atoms with van der Waals surface area (Å²) in [6.45, 7) is 1.53. The van der Waals surface area contributed by atoms with Crippen LogP contribution in [-0.4, -0.2) is 29.1 Å². The van der Waals surface area contributed by atoms with Crippen LogP contribution < -0.4 is 14.6 Å². The van der Waals surface area contributed by atoms with Crippen molar-refractivity contribution in [2.75, 3.05) is 11.8 Å². The molecule has 148 valence electrons. The number of nitrogens with two attached hydrogens (primary N) is 1. The van der Waals surface area contributed by atoms with Gasteiger partial charge in [-0.3, -0.25) is 4.72 Å². The molecule has 3 aromatic rings. The molecule has 0 aliphatic heterocycles. The maximum Gasteiger partial charge on any atom is 0.262 e. The molecule has 9 nitrogen and oxygen atoms in total. The van der Waals surface area contributed by atoms with Crippen molar-refractivity contribution in [1.29, 1.82) is 0 Å². The highest BCUT2D eigenvalue weighted by Crippen LogP contribution is 2.35. The summed E-state index contributed by atoms with van der Waals surface area (Å²) in [4.78, 5) is -0.202. The Morgan fingerprint density at radius 3 is 2.36 bits per heavy atom. The lowest BCUT2D eigenvalue weighted by Crippen LogP contribution is -2.14. The van der Waals surface area contributed by atoms with Crippen LogP contribution in [-0.2, 0) is 20.0 Å². The van der Waals surface area contributed by atoms with E-state index in [1.807, 2.05) is 0 Å².